The van der Waals surface area contributed by atoms with Crippen LogP contribution in [0.3, 0.4) is 0 Å². The number of rotatable bonds is 3. The highest BCUT2D eigenvalue weighted by molar-refractivity contribution is 7.15. The molecule has 5 rings (SSSR count). The number of nitrogens with zero attached hydrogens (tertiary/aromatic N) is 3. The number of aromatic nitrogens is 2. The molecule has 0 saturated heterocycles. The second-order valence-electron chi connectivity index (χ2n) is 6.77. The van der Waals surface area contributed by atoms with E-state index in [4.69, 9.17) is 20.8 Å². The first-order valence-electron chi connectivity index (χ1n) is 9.02. The van der Waals surface area contributed by atoms with Crippen LogP contribution in [0.5, 0.6) is 5.75 Å². The molecule has 2 aromatic carbocycles. The molecule has 1 amide bonds. The van der Waals surface area contributed by atoms with Crippen molar-refractivity contribution in [1.82, 2.24) is 10.2 Å². The predicted octanol–water partition coefficient (Wildman–Crippen LogP) is 4.36. The maximum atomic E-state index is 13.5. The second kappa shape index (κ2) is 6.93. The minimum Gasteiger partial charge on any atom is -0.497 e. The van der Waals surface area contributed by atoms with Crippen LogP contribution >= 0.6 is 22.9 Å². The third-order valence-electron chi connectivity index (χ3n) is 4.96. The third kappa shape index (κ3) is 2.79. The zero-order chi connectivity index (χ0) is 21.0. The number of aryl methyl sites for hydroxylation is 1. The van der Waals surface area contributed by atoms with Crippen molar-refractivity contribution in [3.8, 4) is 5.75 Å². The summed E-state index contributed by atoms with van der Waals surface area (Å²) in [5.74, 6) is 0.161. The minimum absolute atomic E-state index is 0.00417. The minimum atomic E-state index is -0.727. The van der Waals surface area contributed by atoms with Crippen LogP contribution in [0, 0.1) is 6.92 Å². The summed E-state index contributed by atoms with van der Waals surface area (Å²) in [6.07, 6.45) is 0. The van der Waals surface area contributed by atoms with Gasteiger partial charge in [0.15, 0.2) is 5.43 Å². The van der Waals surface area contributed by atoms with Crippen molar-refractivity contribution in [3.05, 3.63) is 79.6 Å². The van der Waals surface area contributed by atoms with Gasteiger partial charge in [0.2, 0.25) is 10.9 Å². The summed E-state index contributed by atoms with van der Waals surface area (Å²) >= 11 is 7.37. The van der Waals surface area contributed by atoms with Crippen LogP contribution in [0.2, 0.25) is 5.02 Å². The Morgan fingerprint density at radius 1 is 1.17 bits per heavy atom. The number of carbonyl (C=O) groups excluding carboxylic acids is 1. The highest BCUT2D eigenvalue weighted by Gasteiger charge is 2.45. The number of ether oxygens (including phenoxy) is 1. The van der Waals surface area contributed by atoms with Crippen molar-refractivity contribution < 1.29 is 13.9 Å². The third-order valence-corrected chi connectivity index (χ3v) is 6.04. The number of fused-ring (bicyclic) bond motifs is 2. The second-order valence-corrected chi connectivity index (χ2v) is 8.37. The number of hydrogen-bond donors (Lipinski definition) is 0. The Morgan fingerprint density at radius 2 is 2.00 bits per heavy atom. The highest BCUT2D eigenvalue weighted by atomic mass is 35.5. The molecule has 150 valence electrons. The Kier molecular flexibility index (Phi) is 4.34. The molecule has 3 heterocycles. The molecule has 1 unspecified atom stereocenters. The van der Waals surface area contributed by atoms with Crippen molar-refractivity contribution in [3.63, 3.8) is 0 Å². The maximum Gasteiger partial charge on any atom is 0.297 e. The van der Waals surface area contributed by atoms with Crippen molar-refractivity contribution in [1.29, 1.82) is 0 Å². The molecule has 0 bridgehead atoms. The van der Waals surface area contributed by atoms with E-state index >= 15 is 0 Å². The summed E-state index contributed by atoms with van der Waals surface area (Å²) in [7, 11) is 1.56. The molecule has 7 nitrogen and oxygen atoms in total. The number of methoxy groups -OCH3 is 1. The Bertz CT molecular complexity index is 1380. The first-order valence-corrected chi connectivity index (χ1v) is 10.2. The summed E-state index contributed by atoms with van der Waals surface area (Å²) < 4.78 is 11.2. The normalized spacial score (nSPS) is 15.6. The molecule has 1 aliphatic heterocycles. The number of amides is 1. The van der Waals surface area contributed by atoms with E-state index in [9.17, 15) is 9.59 Å². The fraction of sp³-hybridized carbons (Fsp3) is 0.143. The summed E-state index contributed by atoms with van der Waals surface area (Å²) in [6.45, 7) is 1.80. The van der Waals surface area contributed by atoms with Gasteiger partial charge >= 0.3 is 0 Å². The van der Waals surface area contributed by atoms with E-state index in [1.165, 1.54) is 16.2 Å². The fourth-order valence-electron chi connectivity index (χ4n) is 3.65. The van der Waals surface area contributed by atoms with Gasteiger partial charge in [-0.2, -0.15) is 0 Å². The number of hydrogen-bond acceptors (Lipinski definition) is 7. The predicted molar refractivity (Wildman–Crippen MR) is 114 cm³/mol. The summed E-state index contributed by atoms with van der Waals surface area (Å²) in [4.78, 5) is 28.3. The summed E-state index contributed by atoms with van der Waals surface area (Å²) in [6, 6.07) is 11.2. The van der Waals surface area contributed by atoms with Crippen LogP contribution in [0.4, 0.5) is 5.13 Å². The van der Waals surface area contributed by atoms with Gasteiger partial charge in [0.05, 0.1) is 24.1 Å². The Balaban J connectivity index is 1.83. The van der Waals surface area contributed by atoms with Crippen LogP contribution in [0.15, 0.2) is 51.7 Å². The highest BCUT2D eigenvalue weighted by Crippen LogP contribution is 2.42. The standard InChI is InChI=1S/C21H14ClN3O4S/c1-10-23-24-21(30-10)25-17(11-4-3-5-13(8-11)28-2)16-18(26)14-9-12(22)6-7-15(14)29-19(16)20(25)27/h3-9,17H,1-2H3. The van der Waals surface area contributed by atoms with Gasteiger partial charge in [0, 0.05) is 5.02 Å². The topological polar surface area (TPSA) is 85.5 Å². The van der Waals surface area contributed by atoms with Gasteiger partial charge < -0.3 is 9.15 Å². The van der Waals surface area contributed by atoms with Gasteiger partial charge in [0.25, 0.3) is 5.91 Å². The molecule has 0 radical (unpaired) electrons. The molecule has 30 heavy (non-hydrogen) atoms. The van der Waals surface area contributed by atoms with Gasteiger partial charge in [-0.25, -0.2) is 0 Å². The van der Waals surface area contributed by atoms with E-state index in [0.29, 0.717) is 37.4 Å². The molecule has 0 N–H and O–H groups in total. The van der Waals surface area contributed by atoms with E-state index < -0.39 is 11.9 Å². The van der Waals surface area contributed by atoms with Gasteiger partial charge in [-0.15, -0.1) is 10.2 Å². The lowest BCUT2D eigenvalue weighted by Crippen LogP contribution is -2.29. The Labute approximate surface area is 179 Å². The SMILES string of the molecule is COc1cccc(C2c3c(oc4ccc(Cl)cc4c3=O)C(=O)N2c2nnc(C)s2)c1. The number of carbonyl (C=O) groups is 1. The van der Waals surface area contributed by atoms with Gasteiger partial charge in [-0.1, -0.05) is 35.1 Å². The average Bonchev–Trinajstić information content (AvgIpc) is 3.30. The largest absolute Gasteiger partial charge is 0.497 e. The van der Waals surface area contributed by atoms with Gasteiger partial charge in [0.1, 0.15) is 16.3 Å². The van der Waals surface area contributed by atoms with Crippen LogP contribution in [-0.4, -0.2) is 23.2 Å². The molecule has 9 heteroatoms. The van der Waals surface area contributed by atoms with E-state index in [0.717, 1.165) is 0 Å². The number of benzene rings is 2. The molecule has 1 aliphatic rings. The van der Waals surface area contributed by atoms with E-state index in [2.05, 4.69) is 10.2 Å². The van der Waals surface area contributed by atoms with Crippen LogP contribution in [0.1, 0.15) is 32.7 Å². The van der Waals surface area contributed by atoms with Crippen molar-refractivity contribution in [2.24, 2.45) is 0 Å². The van der Waals surface area contributed by atoms with Crippen LogP contribution in [-0.2, 0) is 0 Å². The lowest BCUT2D eigenvalue weighted by molar-refractivity contribution is 0.0970. The smallest absolute Gasteiger partial charge is 0.297 e. The average molecular weight is 440 g/mol. The first-order chi connectivity index (χ1) is 14.5. The molecule has 1 atom stereocenters. The molecule has 0 fully saturated rings. The zero-order valence-electron chi connectivity index (χ0n) is 15.9. The molecule has 2 aromatic heterocycles. The van der Waals surface area contributed by atoms with Crippen LogP contribution < -0.4 is 15.1 Å². The van der Waals surface area contributed by atoms with E-state index in [-0.39, 0.29) is 16.8 Å². The maximum absolute atomic E-state index is 13.5. The van der Waals surface area contributed by atoms with Crippen LogP contribution in [0.25, 0.3) is 11.0 Å². The molecule has 4 aromatic rings. The Morgan fingerprint density at radius 3 is 2.73 bits per heavy atom. The fourth-order valence-corrected chi connectivity index (χ4v) is 4.54. The number of anilines is 1. The van der Waals surface area contributed by atoms with E-state index in [1.807, 2.05) is 6.07 Å². The quantitative estimate of drug-likeness (QED) is 0.471. The van der Waals surface area contributed by atoms with Gasteiger partial charge in [-0.3, -0.25) is 14.5 Å². The molecule has 0 spiro atoms. The van der Waals surface area contributed by atoms with Gasteiger partial charge in [-0.05, 0) is 42.8 Å². The molecular formula is C21H14ClN3O4S. The molecule has 0 aliphatic carbocycles. The molecule has 0 saturated carbocycles. The van der Waals surface area contributed by atoms with Crippen molar-refractivity contribution in [2.75, 3.05) is 12.0 Å². The summed E-state index contributed by atoms with van der Waals surface area (Å²) in [5, 5.41) is 9.99. The monoisotopic (exact) mass is 439 g/mol. The first kappa shape index (κ1) is 18.8. The van der Waals surface area contributed by atoms with E-state index in [1.54, 1.807) is 50.4 Å². The lowest BCUT2D eigenvalue weighted by Gasteiger charge is -2.22. The van der Waals surface area contributed by atoms with Crippen molar-refractivity contribution in [2.45, 2.75) is 13.0 Å². The number of halogens is 1. The summed E-state index contributed by atoms with van der Waals surface area (Å²) in [5.41, 5.74) is 0.939. The Hall–Kier alpha value is -3.23. The van der Waals surface area contributed by atoms with Crippen molar-refractivity contribution >= 4 is 44.9 Å². The molecular weight excluding hydrogens is 426 g/mol. The zero-order valence-corrected chi connectivity index (χ0v) is 17.5. The lowest BCUT2D eigenvalue weighted by atomic mass is 9.98.